The molecule has 1 aromatic carbocycles. The molecule has 0 saturated heterocycles. The molecule has 3 N–H and O–H groups in total. The monoisotopic (exact) mass is 328 g/mol. The summed E-state index contributed by atoms with van der Waals surface area (Å²) in [6, 6.07) is 4.12. The van der Waals surface area contributed by atoms with Gasteiger partial charge in [-0.3, -0.25) is 0 Å². The molecule has 5 nitrogen and oxygen atoms in total. The molecule has 0 unspecified atom stereocenters. The first-order valence-electron chi connectivity index (χ1n) is 5.98. The molecule has 0 saturated carbocycles. The Labute approximate surface area is 120 Å². The van der Waals surface area contributed by atoms with E-state index in [0.29, 0.717) is 22.6 Å². The highest BCUT2D eigenvalue weighted by Gasteiger charge is 2.09. The summed E-state index contributed by atoms with van der Waals surface area (Å²) in [7, 11) is 0. The van der Waals surface area contributed by atoms with Gasteiger partial charge in [-0.05, 0) is 46.5 Å². The van der Waals surface area contributed by atoms with E-state index in [4.69, 9.17) is 5.11 Å². The Balaban J connectivity index is 2.63. The third-order valence-corrected chi connectivity index (χ3v) is 3.16. The molecule has 19 heavy (non-hydrogen) atoms. The van der Waals surface area contributed by atoms with Crippen LogP contribution >= 0.6 is 15.9 Å². The second-order valence-corrected chi connectivity index (χ2v) is 5.42. The number of benzene rings is 1. The zero-order chi connectivity index (χ0) is 14.4. The molecule has 0 aliphatic carbocycles. The highest BCUT2D eigenvalue weighted by molar-refractivity contribution is 9.10. The highest BCUT2D eigenvalue weighted by atomic mass is 79.9. The molecule has 0 aliphatic heterocycles. The number of rotatable bonds is 5. The zero-order valence-electron chi connectivity index (χ0n) is 10.9. The van der Waals surface area contributed by atoms with Crippen molar-refractivity contribution in [1.29, 1.82) is 0 Å². The van der Waals surface area contributed by atoms with Crippen LogP contribution in [-0.2, 0) is 0 Å². The molecule has 1 rings (SSSR count). The minimum absolute atomic E-state index is 0.126. The van der Waals surface area contributed by atoms with E-state index in [2.05, 4.69) is 40.4 Å². The van der Waals surface area contributed by atoms with Crippen molar-refractivity contribution in [2.75, 3.05) is 11.9 Å². The Morgan fingerprint density at radius 3 is 2.63 bits per heavy atom. The van der Waals surface area contributed by atoms with Crippen molar-refractivity contribution in [2.45, 2.75) is 20.3 Å². The number of carboxylic acid groups (broad SMARTS) is 1. The second kappa shape index (κ2) is 7.13. The van der Waals surface area contributed by atoms with Crippen molar-refractivity contribution in [3.8, 4) is 0 Å². The molecule has 1 aromatic rings. The van der Waals surface area contributed by atoms with E-state index >= 15 is 0 Å². The zero-order valence-corrected chi connectivity index (χ0v) is 12.5. The molecule has 0 aliphatic rings. The summed E-state index contributed by atoms with van der Waals surface area (Å²) in [6.45, 7) is 4.73. The number of carbonyl (C=O) groups excluding carboxylic acids is 1. The van der Waals surface area contributed by atoms with Gasteiger partial charge >= 0.3 is 12.0 Å². The van der Waals surface area contributed by atoms with Crippen LogP contribution in [0.2, 0.25) is 0 Å². The van der Waals surface area contributed by atoms with Crippen molar-refractivity contribution in [2.24, 2.45) is 5.92 Å². The molecule has 0 spiro atoms. The normalized spacial score (nSPS) is 10.3. The van der Waals surface area contributed by atoms with Crippen LogP contribution in [0.25, 0.3) is 0 Å². The Morgan fingerprint density at radius 1 is 1.37 bits per heavy atom. The van der Waals surface area contributed by atoms with Crippen molar-refractivity contribution < 1.29 is 14.7 Å². The fourth-order valence-corrected chi connectivity index (χ4v) is 1.74. The highest BCUT2D eigenvalue weighted by Crippen LogP contribution is 2.23. The van der Waals surface area contributed by atoms with E-state index in [1.807, 2.05) is 0 Å². The topological polar surface area (TPSA) is 78.4 Å². The van der Waals surface area contributed by atoms with Crippen LogP contribution < -0.4 is 10.6 Å². The van der Waals surface area contributed by atoms with Gasteiger partial charge in [0.1, 0.15) is 0 Å². The summed E-state index contributed by atoms with van der Waals surface area (Å²) in [6.07, 6.45) is 0.893. The maximum atomic E-state index is 11.6. The average Bonchev–Trinajstić information content (AvgIpc) is 2.31. The first-order chi connectivity index (χ1) is 8.90. The quantitative estimate of drug-likeness (QED) is 0.775. The molecule has 6 heteroatoms. The molecule has 2 amide bonds. The summed E-state index contributed by atoms with van der Waals surface area (Å²) in [4.78, 5) is 22.5. The SMILES string of the molecule is CC(C)CCNC(=O)Nc1cc(C(=O)O)ccc1Br. The third-order valence-electron chi connectivity index (χ3n) is 2.47. The van der Waals surface area contributed by atoms with Crippen LogP contribution in [0.15, 0.2) is 22.7 Å². The van der Waals surface area contributed by atoms with E-state index in [1.165, 1.54) is 12.1 Å². The number of nitrogens with one attached hydrogen (secondary N) is 2. The molecule has 0 aromatic heterocycles. The Bertz CT molecular complexity index is 475. The lowest BCUT2D eigenvalue weighted by Gasteiger charge is -2.10. The summed E-state index contributed by atoms with van der Waals surface area (Å²) >= 11 is 3.26. The number of amides is 2. The van der Waals surface area contributed by atoms with Gasteiger partial charge in [-0.25, -0.2) is 9.59 Å². The van der Waals surface area contributed by atoms with Gasteiger partial charge in [0.2, 0.25) is 0 Å². The minimum Gasteiger partial charge on any atom is -0.478 e. The molecule has 0 bridgehead atoms. The maximum absolute atomic E-state index is 11.6. The van der Waals surface area contributed by atoms with Crippen LogP contribution in [0.1, 0.15) is 30.6 Å². The second-order valence-electron chi connectivity index (χ2n) is 4.56. The van der Waals surface area contributed by atoms with Crippen LogP contribution in [0.4, 0.5) is 10.5 Å². The van der Waals surface area contributed by atoms with Crippen LogP contribution in [0.3, 0.4) is 0 Å². The molecular weight excluding hydrogens is 312 g/mol. The van der Waals surface area contributed by atoms with E-state index in [0.717, 1.165) is 6.42 Å². The standard InChI is InChI=1S/C13H17BrN2O3/c1-8(2)5-6-15-13(19)16-11-7-9(12(17)18)3-4-10(11)14/h3-4,7-8H,5-6H2,1-2H3,(H,17,18)(H2,15,16,19). The first kappa shape index (κ1) is 15.5. The van der Waals surface area contributed by atoms with Crippen molar-refractivity contribution in [1.82, 2.24) is 5.32 Å². The number of hydrogen-bond donors (Lipinski definition) is 3. The Kier molecular flexibility index (Phi) is 5.82. The number of halogens is 1. The van der Waals surface area contributed by atoms with Gasteiger partial charge in [0.15, 0.2) is 0 Å². The molecule has 0 atom stereocenters. The predicted molar refractivity (Wildman–Crippen MR) is 77.6 cm³/mol. The lowest BCUT2D eigenvalue weighted by Crippen LogP contribution is -2.30. The third kappa shape index (κ3) is 5.30. The fourth-order valence-electron chi connectivity index (χ4n) is 1.39. The molecule has 0 heterocycles. The molecular formula is C13H17BrN2O3. The largest absolute Gasteiger partial charge is 0.478 e. The maximum Gasteiger partial charge on any atom is 0.335 e. The number of carboxylic acids is 1. The summed E-state index contributed by atoms with van der Waals surface area (Å²) < 4.78 is 0.636. The number of hydrogen-bond acceptors (Lipinski definition) is 2. The van der Waals surface area contributed by atoms with Crippen molar-refractivity contribution >= 4 is 33.6 Å². The van der Waals surface area contributed by atoms with Gasteiger partial charge in [0.05, 0.1) is 11.3 Å². The number of anilines is 1. The lowest BCUT2D eigenvalue weighted by atomic mass is 10.1. The lowest BCUT2D eigenvalue weighted by molar-refractivity contribution is 0.0697. The van der Waals surface area contributed by atoms with Crippen LogP contribution in [-0.4, -0.2) is 23.7 Å². The smallest absolute Gasteiger partial charge is 0.335 e. The molecule has 104 valence electrons. The van der Waals surface area contributed by atoms with Gasteiger partial charge in [-0.1, -0.05) is 13.8 Å². The fraction of sp³-hybridized carbons (Fsp3) is 0.385. The first-order valence-corrected chi connectivity index (χ1v) is 6.77. The minimum atomic E-state index is -1.03. The van der Waals surface area contributed by atoms with Crippen LogP contribution in [0.5, 0.6) is 0 Å². The van der Waals surface area contributed by atoms with Gasteiger partial charge in [-0.15, -0.1) is 0 Å². The summed E-state index contributed by atoms with van der Waals surface area (Å²) in [5.41, 5.74) is 0.558. The predicted octanol–water partition coefficient (Wildman–Crippen LogP) is 3.31. The Hall–Kier alpha value is -1.56. The van der Waals surface area contributed by atoms with Gasteiger partial charge in [0.25, 0.3) is 0 Å². The molecule has 0 fully saturated rings. The van der Waals surface area contributed by atoms with Crippen molar-refractivity contribution in [3.05, 3.63) is 28.2 Å². The van der Waals surface area contributed by atoms with Crippen LogP contribution in [0, 0.1) is 5.92 Å². The number of aromatic carboxylic acids is 1. The van der Waals surface area contributed by atoms with E-state index < -0.39 is 5.97 Å². The van der Waals surface area contributed by atoms with E-state index in [-0.39, 0.29) is 11.6 Å². The average molecular weight is 329 g/mol. The summed E-state index contributed by atoms with van der Waals surface area (Å²) in [5, 5.41) is 14.2. The summed E-state index contributed by atoms with van der Waals surface area (Å²) in [5.74, 6) is -0.516. The van der Waals surface area contributed by atoms with Crippen molar-refractivity contribution in [3.63, 3.8) is 0 Å². The van der Waals surface area contributed by atoms with E-state index in [1.54, 1.807) is 6.07 Å². The number of carbonyl (C=O) groups is 2. The molecule has 0 radical (unpaired) electrons. The van der Waals surface area contributed by atoms with Gasteiger partial charge in [0, 0.05) is 11.0 Å². The van der Waals surface area contributed by atoms with Gasteiger partial charge in [-0.2, -0.15) is 0 Å². The number of urea groups is 1. The van der Waals surface area contributed by atoms with Gasteiger partial charge < -0.3 is 15.7 Å². The Morgan fingerprint density at radius 2 is 2.05 bits per heavy atom. The van der Waals surface area contributed by atoms with E-state index in [9.17, 15) is 9.59 Å².